The number of aromatic nitrogens is 1. The van der Waals surface area contributed by atoms with Crippen molar-refractivity contribution in [2.75, 3.05) is 31.1 Å². The molecule has 1 aromatic heterocycles. The molecule has 154 valence electrons. The number of hydrogen-bond acceptors (Lipinski definition) is 6. The molecule has 2 aliphatic heterocycles. The summed E-state index contributed by atoms with van der Waals surface area (Å²) in [7, 11) is 0. The highest BCUT2D eigenvalue weighted by Gasteiger charge is 2.30. The number of amides is 1. The summed E-state index contributed by atoms with van der Waals surface area (Å²) >= 11 is 1.62. The number of non-ortho nitro benzene ring substituents is 1. The van der Waals surface area contributed by atoms with E-state index in [4.69, 9.17) is 0 Å². The second kappa shape index (κ2) is 8.49. The van der Waals surface area contributed by atoms with E-state index in [0.717, 1.165) is 49.5 Å². The number of anilines is 1. The van der Waals surface area contributed by atoms with Crippen molar-refractivity contribution in [1.29, 1.82) is 0 Å². The first-order chi connectivity index (χ1) is 14.0. The maximum absolute atomic E-state index is 13.5. The van der Waals surface area contributed by atoms with Crippen LogP contribution < -0.4 is 4.90 Å². The zero-order valence-electron chi connectivity index (χ0n) is 16.6. The van der Waals surface area contributed by atoms with Crippen molar-refractivity contribution in [2.45, 2.75) is 38.5 Å². The van der Waals surface area contributed by atoms with Gasteiger partial charge in [-0.15, -0.1) is 11.3 Å². The molecule has 29 heavy (non-hydrogen) atoms. The predicted octanol–water partition coefficient (Wildman–Crippen LogP) is 4.31. The number of nitrogens with zero attached hydrogens (tertiary/aromatic N) is 4. The van der Waals surface area contributed by atoms with Crippen LogP contribution in [-0.4, -0.2) is 46.9 Å². The monoisotopic (exact) mass is 414 g/mol. The Kier molecular flexibility index (Phi) is 5.80. The van der Waals surface area contributed by atoms with E-state index in [1.807, 2.05) is 10.3 Å². The van der Waals surface area contributed by atoms with Gasteiger partial charge in [-0.2, -0.15) is 0 Å². The van der Waals surface area contributed by atoms with E-state index in [2.05, 4.69) is 16.8 Å². The van der Waals surface area contributed by atoms with Crippen molar-refractivity contribution in [1.82, 2.24) is 9.88 Å². The Morgan fingerprint density at radius 3 is 2.72 bits per heavy atom. The summed E-state index contributed by atoms with van der Waals surface area (Å²) in [6.07, 6.45) is 5.88. The highest BCUT2D eigenvalue weighted by atomic mass is 32.1. The minimum absolute atomic E-state index is 0.0315. The number of carbonyl (C=O) groups is 1. The lowest BCUT2D eigenvalue weighted by Gasteiger charge is -2.35. The third kappa shape index (κ3) is 4.27. The number of nitro groups is 1. The molecule has 0 saturated carbocycles. The van der Waals surface area contributed by atoms with Crippen molar-refractivity contribution in [3.05, 3.63) is 50.5 Å². The lowest BCUT2D eigenvalue weighted by Crippen LogP contribution is -2.40. The molecule has 1 atom stereocenters. The fraction of sp³-hybridized carbons (Fsp3) is 0.524. The number of likely N-dealkylation sites (tertiary alicyclic amines) is 1. The molecule has 4 rings (SSSR count). The van der Waals surface area contributed by atoms with E-state index in [0.29, 0.717) is 24.6 Å². The van der Waals surface area contributed by atoms with Crippen LogP contribution in [0, 0.1) is 16.0 Å². The summed E-state index contributed by atoms with van der Waals surface area (Å²) in [5, 5.41) is 14.4. The number of hydrogen-bond donors (Lipinski definition) is 0. The molecule has 8 heteroatoms. The molecule has 0 bridgehead atoms. The Morgan fingerprint density at radius 1 is 1.24 bits per heavy atom. The molecule has 1 unspecified atom stereocenters. The zero-order valence-corrected chi connectivity index (χ0v) is 17.4. The Bertz CT molecular complexity index is 878. The Labute approximate surface area is 174 Å². The van der Waals surface area contributed by atoms with E-state index in [1.54, 1.807) is 23.6 Å². The number of thiazole rings is 1. The largest absolute Gasteiger partial charge is 0.371 e. The van der Waals surface area contributed by atoms with E-state index in [1.165, 1.54) is 12.1 Å². The highest BCUT2D eigenvalue weighted by molar-refractivity contribution is 7.09. The van der Waals surface area contributed by atoms with Gasteiger partial charge in [0.1, 0.15) is 0 Å². The summed E-state index contributed by atoms with van der Waals surface area (Å²) in [5.74, 6) is 0.805. The second-order valence-electron chi connectivity index (χ2n) is 8.09. The quantitative estimate of drug-likeness (QED) is 0.550. The third-order valence-corrected chi connectivity index (χ3v) is 6.99. The van der Waals surface area contributed by atoms with Crippen LogP contribution in [0.3, 0.4) is 0 Å². The van der Waals surface area contributed by atoms with Crippen LogP contribution in [0.1, 0.15) is 53.9 Å². The summed E-state index contributed by atoms with van der Waals surface area (Å²) < 4.78 is 0. The highest BCUT2D eigenvalue weighted by Crippen LogP contribution is 2.33. The average molecular weight is 415 g/mol. The first-order valence-electron chi connectivity index (χ1n) is 10.2. The molecule has 1 amide bonds. The van der Waals surface area contributed by atoms with Gasteiger partial charge in [-0.3, -0.25) is 14.9 Å². The molecule has 2 saturated heterocycles. The lowest BCUT2D eigenvalue weighted by atomic mass is 9.96. The van der Waals surface area contributed by atoms with Gasteiger partial charge in [0.25, 0.3) is 11.6 Å². The van der Waals surface area contributed by atoms with Crippen molar-refractivity contribution in [2.24, 2.45) is 5.92 Å². The van der Waals surface area contributed by atoms with Crippen LogP contribution in [0.15, 0.2) is 29.8 Å². The first kappa shape index (κ1) is 19.8. The number of benzene rings is 1. The number of nitro benzene ring substituents is 1. The first-order valence-corrected chi connectivity index (χ1v) is 11.1. The van der Waals surface area contributed by atoms with Crippen LogP contribution in [0.5, 0.6) is 0 Å². The molecule has 0 aliphatic carbocycles. The Morgan fingerprint density at radius 2 is 2.03 bits per heavy atom. The van der Waals surface area contributed by atoms with Crippen LogP contribution in [0.2, 0.25) is 0 Å². The van der Waals surface area contributed by atoms with E-state index >= 15 is 0 Å². The van der Waals surface area contributed by atoms with Gasteiger partial charge in [-0.05, 0) is 37.7 Å². The Hall–Kier alpha value is -2.48. The predicted molar refractivity (Wildman–Crippen MR) is 114 cm³/mol. The normalized spacial score (nSPS) is 20.7. The summed E-state index contributed by atoms with van der Waals surface area (Å²) in [5.41, 5.74) is 1.24. The Balaban J connectivity index is 1.62. The molecule has 0 N–H and O–H groups in total. The maximum Gasteiger partial charge on any atom is 0.270 e. The van der Waals surface area contributed by atoms with Crippen molar-refractivity contribution in [3.63, 3.8) is 0 Å². The van der Waals surface area contributed by atoms with E-state index in [9.17, 15) is 14.9 Å². The molecular formula is C21H26N4O3S. The van der Waals surface area contributed by atoms with E-state index in [-0.39, 0.29) is 17.5 Å². The van der Waals surface area contributed by atoms with Gasteiger partial charge in [0, 0.05) is 55.8 Å². The van der Waals surface area contributed by atoms with Crippen LogP contribution >= 0.6 is 11.3 Å². The molecule has 7 nitrogen and oxygen atoms in total. The van der Waals surface area contributed by atoms with Gasteiger partial charge < -0.3 is 9.80 Å². The molecule has 2 aromatic rings. The zero-order chi connectivity index (χ0) is 20.4. The molecular weight excluding hydrogens is 388 g/mol. The summed E-state index contributed by atoms with van der Waals surface area (Å²) in [6, 6.07) is 4.73. The maximum atomic E-state index is 13.5. The lowest BCUT2D eigenvalue weighted by molar-refractivity contribution is -0.384. The molecule has 3 heterocycles. The smallest absolute Gasteiger partial charge is 0.270 e. The topological polar surface area (TPSA) is 79.6 Å². The number of piperidine rings is 2. The standard InChI is InChI=1S/C21H26N4O3S/c1-15-6-10-23(11-7-15)19-5-4-17(25(27)28)13-18(19)21(26)24-9-2-3-16(14-24)20-22-8-12-29-20/h4-5,8,12-13,15-16H,2-3,6-7,9-11,14H2,1H3. The van der Waals surface area contributed by atoms with Gasteiger partial charge in [-0.1, -0.05) is 6.92 Å². The number of rotatable bonds is 4. The van der Waals surface area contributed by atoms with E-state index < -0.39 is 4.92 Å². The minimum atomic E-state index is -0.423. The summed E-state index contributed by atoms with van der Waals surface area (Å²) in [6.45, 7) is 5.29. The van der Waals surface area contributed by atoms with Crippen molar-refractivity contribution < 1.29 is 9.72 Å². The average Bonchev–Trinajstić information content (AvgIpc) is 3.28. The minimum Gasteiger partial charge on any atom is -0.371 e. The summed E-state index contributed by atoms with van der Waals surface area (Å²) in [4.78, 5) is 32.9. The van der Waals surface area contributed by atoms with Crippen molar-refractivity contribution in [3.8, 4) is 0 Å². The molecule has 2 aliphatic rings. The second-order valence-corrected chi connectivity index (χ2v) is 9.01. The third-order valence-electron chi connectivity index (χ3n) is 6.05. The van der Waals surface area contributed by atoms with Crippen LogP contribution in [0.25, 0.3) is 0 Å². The SMILES string of the molecule is CC1CCN(c2ccc([N+](=O)[O-])cc2C(=O)N2CCCC(c3nccs3)C2)CC1. The van der Waals surface area contributed by atoms with Crippen LogP contribution in [-0.2, 0) is 0 Å². The molecule has 0 radical (unpaired) electrons. The fourth-order valence-electron chi connectivity index (χ4n) is 4.30. The fourth-order valence-corrected chi connectivity index (χ4v) is 5.07. The van der Waals surface area contributed by atoms with Gasteiger partial charge >= 0.3 is 0 Å². The van der Waals surface area contributed by atoms with Gasteiger partial charge in [-0.25, -0.2) is 4.98 Å². The number of carbonyl (C=O) groups excluding carboxylic acids is 1. The molecule has 1 aromatic carbocycles. The van der Waals surface area contributed by atoms with Gasteiger partial charge in [0.15, 0.2) is 0 Å². The van der Waals surface area contributed by atoms with Gasteiger partial charge in [0.2, 0.25) is 0 Å². The molecule has 2 fully saturated rings. The van der Waals surface area contributed by atoms with Crippen LogP contribution in [0.4, 0.5) is 11.4 Å². The van der Waals surface area contributed by atoms with Gasteiger partial charge in [0.05, 0.1) is 21.2 Å². The molecule has 0 spiro atoms. The van der Waals surface area contributed by atoms with Crippen molar-refractivity contribution >= 4 is 28.6 Å².